The number of carbonyl (C=O) groups is 1. The van der Waals surface area contributed by atoms with Crippen LogP contribution in [-0.4, -0.2) is 38.3 Å². The number of fused-ring (bicyclic) bond motifs is 1. The normalized spacial score (nSPS) is 44.9. The first kappa shape index (κ1) is 8.68. The maximum absolute atomic E-state index is 11.8. The Balaban J connectivity index is 1.51. The van der Waals surface area contributed by atoms with E-state index in [1.165, 1.54) is 0 Å². The number of hydrogen-bond acceptors (Lipinski definition) is 3. The van der Waals surface area contributed by atoms with E-state index in [9.17, 15) is 4.79 Å². The smallest absolute Gasteiger partial charge is 0.224 e. The van der Waals surface area contributed by atoms with Gasteiger partial charge in [-0.1, -0.05) is 0 Å². The summed E-state index contributed by atoms with van der Waals surface area (Å²) in [5.74, 6) is 1.59. The fourth-order valence-electron chi connectivity index (χ4n) is 2.70. The molecule has 1 aliphatic carbocycles. The Morgan fingerprint density at radius 3 is 2.79 bits per heavy atom. The quantitative estimate of drug-likeness (QED) is 0.617. The first-order valence-electron chi connectivity index (χ1n) is 5.45. The van der Waals surface area contributed by atoms with Gasteiger partial charge in [-0.25, -0.2) is 0 Å². The van der Waals surface area contributed by atoms with Crippen molar-refractivity contribution >= 4 is 5.91 Å². The van der Waals surface area contributed by atoms with Gasteiger partial charge in [0.05, 0.1) is 13.2 Å². The van der Waals surface area contributed by atoms with Gasteiger partial charge in [0.1, 0.15) is 0 Å². The molecule has 2 unspecified atom stereocenters. The molecular weight excluding hydrogens is 180 g/mol. The predicted octanol–water partition coefficient (Wildman–Crippen LogP) is -0.643. The monoisotopic (exact) mass is 196 g/mol. The fraction of sp³-hybridized carbons (Fsp3) is 0.900. The van der Waals surface area contributed by atoms with Gasteiger partial charge in [0, 0.05) is 18.5 Å². The minimum absolute atomic E-state index is 0.261. The summed E-state index contributed by atoms with van der Waals surface area (Å²) < 4.78 is 5.26. The third-order valence-electron chi connectivity index (χ3n) is 3.66. The first-order valence-corrected chi connectivity index (χ1v) is 5.45. The third-order valence-corrected chi connectivity index (χ3v) is 3.66. The highest BCUT2D eigenvalue weighted by Crippen LogP contribution is 2.50. The molecule has 14 heavy (non-hydrogen) atoms. The number of hydrogen-bond donors (Lipinski definition) is 2. The molecule has 0 spiro atoms. The Bertz CT molecular complexity index is 241. The molecule has 4 nitrogen and oxygen atoms in total. The van der Waals surface area contributed by atoms with Gasteiger partial charge in [-0.3, -0.25) is 4.79 Å². The Morgan fingerprint density at radius 1 is 1.36 bits per heavy atom. The van der Waals surface area contributed by atoms with E-state index in [0.29, 0.717) is 17.9 Å². The van der Waals surface area contributed by atoms with Gasteiger partial charge in [0.25, 0.3) is 0 Å². The Kier molecular flexibility index (Phi) is 1.99. The molecule has 0 aromatic carbocycles. The second kappa shape index (κ2) is 3.21. The van der Waals surface area contributed by atoms with Crippen LogP contribution in [-0.2, 0) is 9.53 Å². The fourth-order valence-corrected chi connectivity index (χ4v) is 2.70. The first-order chi connectivity index (χ1) is 6.86. The highest BCUT2D eigenvalue weighted by atomic mass is 16.5. The molecule has 3 atom stereocenters. The summed E-state index contributed by atoms with van der Waals surface area (Å²) in [6, 6.07) is 0.366. The maximum Gasteiger partial charge on any atom is 0.224 e. The summed E-state index contributed by atoms with van der Waals surface area (Å²) in [7, 11) is 0. The van der Waals surface area contributed by atoms with Crippen LogP contribution in [0.5, 0.6) is 0 Å². The number of carbonyl (C=O) groups excluding carboxylic acids is 1. The van der Waals surface area contributed by atoms with Crippen molar-refractivity contribution in [3.63, 3.8) is 0 Å². The molecule has 1 amide bonds. The zero-order chi connectivity index (χ0) is 9.54. The van der Waals surface area contributed by atoms with Crippen LogP contribution < -0.4 is 10.6 Å². The van der Waals surface area contributed by atoms with Gasteiger partial charge < -0.3 is 15.4 Å². The van der Waals surface area contributed by atoms with Crippen LogP contribution in [0.2, 0.25) is 0 Å². The van der Waals surface area contributed by atoms with Gasteiger partial charge in [0.15, 0.2) is 0 Å². The summed E-state index contributed by atoms with van der Waals surface area (Å²) in [6.07, 6.45) is 1.07. The molecular formula is C10H16N2O2. The molecule has 2 N–H and O–H groups in total. The minimum atomic E-state index is 0.261. The molecule has 0 bridgehead atoms. The molecule has 2 saturated heterocycles. The average molecular weight is 196 g/mol. The lowest BCUT2D eigenvalue weighted by Gasteiger charge is -2.12. The lowest BCUT2D eigenvalue weighted by atomic mass is 10.2. The van der Waals surface area contributed by atoms with Crippen LogP contribution in [0.1, 0.15) is 6.42 Å². The van der Waals surface area contributed by atoms with Crippen LogP contribution in [0.4, 0.5) is 0 Å². The molecule has 0 aromatic rings. The van der Waals surface area contributed by atoms with Crippen molar-refractivity contribution in [1.29, 1.82) is 0 Å². The van der Waals surface area contributed by atoms with E-state index in [2.05, 4.69) is 10.6 Å². The van der Waals surface area contributed by atoms with Gasteiger partial charge in [0.2, 0.25) is 5.91 Å². The topological polar surface area (TPSA) is 50.4 Å². The highest BCUT2D eigenvalue weighted by Gasteiger charge is 2.58. The van der Waals surface area contributed by atoms with E-state index in [1.54, 1.807) is 0 Å². The third kappa shape index (κ3) is 1.33. The second-order valence-corrected chi connectivity index (χ2v) is 4.59. The van der Waals surface area contributed by atoms with Crippen LogP contribution in [0.3, 0.4) is 0 Å². The molecule has 1 saturated carbocycles. The average Bonchev–Trinajstić information content (AvgIpc) is 2.63. The van der Waals surface area contributed by atoms with Crippen LogP contribution >= 0.6 is 0 Å². The van der Waals surface area contributed by atoms with Crippen LogP contribution in [0.25, 0.3) is 0 Å². The van der Waals surface area contributed by atoms with Gasteiger partial charge >= 0.3 is 0 Å². The summed E-state index contributed by atoms with van der Waals surface area (Å²) in [5, 5.41) is 6.36. The molecule has 0 aromatic heterocycles. The Morgan fingerprint density at radius 2 is 2.14 bits per heavy atom. The standard InChI is InChI=1S/C10H16N2O2/c13-10(12-6-1-2-11-3-6)9-7-4-14-5-8(7)9/h6-9,11H,1-5H2,(H,12,13)/t6-,7?,8?,9?/m1/s1. The minimum Gasteiger partial charge on any atom is -0.381 e. The summed E-state index contributed by atoms with van der Waals surface area (Å²) >= 11 is 0. The summed E-state index contributed by atoms with van der Waals surface area (Å²) in [5.41, 5.74) is 0. The molecule has 0 radical (unpaired) electrons. The van der Waals surface area contributed by atoms with Crippen molar-refractivity contribution in [2.45, 2.75) is 12.5 Å². The zero-order valence-electron chi connectivity index (χ0n) is 8.16. The lowest BCUT2D eigenvalue weighted by Crippen LogP contribution is -2.38. The molecule has 3 fully saturated rings. The number of amides is 1. The highest BCUT2D eigenvalue weighted by molar-refractivity contribution is 5.82. The lowest BCUT2D eigenvalue weighted by molar-refractivity contribution is -0.124. The summed E-state index contributed by atoms with van der Waals surface area (Å²) in [6.45, 7) is 3.56. The van der Waals surface area contributed by atoms with Crippen LogP contribution in [0, 0.1) is 17.8 Å². The number of rotatable bonds is 2. The number of nitrogens with one attached hydrogen (secondary N) is 2. The van der Waals surface area contributed by atoms with E-state index in [0.717, 1.165) is 32.7 Å². The van der Waals surface area contributed by atoms with E-state index in [1.807, 2.05) is 0 Å². The molecule has 78 valence electrons. The van der Waals surface area contributed by atoms with Crippen molar-refractivity contribution in [1.82, 2.24) is 10.6 Å². The van der Waals surface area contributed by atoms with Gasteiger partial charge in [-0.05, 0) is 24.8 Å². The molecule has 3 rings (SSSR count). The van der Waals surface area contributed by atoms with Gasteiger partial charge in [-0.2, -0.15) is 0 Å². The van der Waals surface area contributed by atoms with Crippen molar-refractivity contribution < 1.29 is 9.53 Å². The Labute approximate surface area is 83.4 Å². The van der Waals surface area contributed by atoms with E-state index in [4.69, 9.17) is 4.74 Å². The maximum atomic E-state index is 11.8. The molecule has 2 aliphatic heterocycles. The zero-order valence-corrected chi connectivity index (χ0v) is 8.16. The number of ether oxygens (including phenoxy) is 1. The van der Waals surface area contributed by atoms with Gasteiger partial charge in [-0.15, -0.1) is 0 Å². The summed E-state index contributed by atoms with van der Waals surface area (Å²) in [4.78, 5) is 11.8. The van der Waals surface area contributed by atoms with E-state index >= 15 is 0 Å². The second-order valence-electron chi connectivity index (χ2n) is 4.59. The SMILES string of the molecule is O=C(N[C@@H]1CCNC1)C1C2COCC21. The molecule has 3 aliphatic rings. The van der Waals surface area contributed by atoms with Crippen molar-refractivity contribution in [3.8, 4) is 0 Å². The predicted molar refractivity (Wildman–Crippen MR) is 50.7 cm³/mol. The van der Waals surface area contributed by atoms with Crippen molar-refractivity contribution in [2.24, 2.45) is 17.8 Å². The molecule has 4 heteroatoms. The van der Waals surface area contributed by atoms with Crippen molar-refractivity contribution in [2.75, 3.05) is 26.3 Å². The largest absolute Gasteiger partial charge is 0.381 e. The van der Waals surface area contributed by atoms with Crippen molar-refractivity contribution in [3.05, 3.63) is 0 Å². The van der Waals surface area contributed by atoms with Crippen LogP contribution in [0.15, 0.2) is 0 Å². The van der Waals surface area contributed by atoms with E-state index in [-0.39, 0.29) is 11.8 Å². The Hall–Kier alpha value is -0.610. The van der Waals surface area contributed by atoms with E-state index < -0.39 is 0 Å². The molecule has 2 heterocycles.